The van der Waals surface area contributed by atoms with E-state index in [9.17, 15) is 9.59 Å². The maximum absolute atomic E-state index is 10.9. The topological polar surface area (TPSA) is 43.4 Å². The second-order valence-corrected chi connectivity index (χ2v) is 6.32. The quantitative estimate of drug-likeness (QED) is 0.252. The van der Waals surface area contributed by atoms with Gasteiger partial charge in [-0.15, -0.1) is 0 Å². The summed E-state index contributed by atoms with van der Waals surface area (Å²) in [6.45, 7) is 2.26. The van der Waals surface area contributed by atoms with Crippen molar-refractivity contribution in [3.8, 4) is 0 Å². The van der Waals surface area contributed by atoms with Gasteiger partial charge >= 0.3 is 11.9 Å². The molecule has 0 aromatic carbocycles. The molecular formula is C18H32O3. The predicted octanol–water partition coefficient (Wildman–Crippen LogP) is 5.17. The number of unbranched alkanes of at least 4 members (excludes halogenated alkanes) is 12. The summed E-state index contributed by atoms with van der Waals surface area (Å²) in [7, 11) is 0. The number of carbonyl (C=O) groups excluding carboxylic acids is 2. The highest BCUT2D eigenvalue weighted by Crippen LogP contribution is 2.22. The molecule has 1 fully saturated rings. The first-order valence-corrected chi connectivity index (χ1v) is 9.01. The Hall–Kier alpha value is -0.860. The van der Waals surface area contributed by atoms with Gasteiger partial charge in [-0.2, -0.15) is 0 Å². The molecule has 1 aliphatic rings. The van der Waals surface area contributed by atoms with E-state index in [1.807, 2.05) is 0 Å². The highest BCUT2D eigenvalue weighted by Gasteiger charge is 2.40. The number of esters is 2. The molecule has 0 saturated carbocycles. The van der Waals surface area contributed by atoms with Crippen LogP contribution in [-0.4, -0.2) is 11.9 Å². The molecule has 1 rings (SSSR count). The van der Waals surface area contributed by atoms with Crippen LogP contribution in [0.5, 0.6) is 0 Å². The molecular weight excluding hydrogens is 264 g/mol. The fourth-order valence-corrected chi connectivity index (χ4v) is 2.88. The van der Waals surface area contributed by atoms with E-state index in [0.29, 0.717) is 6.42 Å². The van der Waals surface area contributed by atoms with Crippen LogP contribution >= 0.6 is 0 Å². The summed E-state index contributed by atoms with van der Waals surface area (Å²) < 4.78 is 4.34. The van der Waals surface area contributed by atoms with Gasteiger partial charge in [-0.3, -0.25) is 9.59 Å². The molecule has 0 unspecified atom stereocenters. The molecule has 1 heterocycles. The van der Waals surface area contributed by atoms with E-state index in [4.69, 9.17) is 0 Å². The smallest absolute Gasteiger partial charge is 0.328 e. The molecule has 0 bridgehead atoms. The third kappa shape index (κ3) is 8.23. The Bertz CT molecular complexity index is 285. The van der Waals surface area contributed by atoms with Crippen LogP contribution in [0.15, 0.2) is 0 Å². The number of rotatable bonds is 14. The SMILES string of the molecule is CCCCCCCCCCCCCCCC1C(=O)OC1=O. The number of hydrogen-bond acceptors (Lipinski definition) is 3. The average molecular weight is 296 g/mol. The van der Waals surface area contributed by atoms with Gasteiger partial charge in [0.2, 0.25) is 0 Å². The Morgan fingerprint density at radius 2 is 1.05 bits per heavy atom. The van der Waals surface area contributed by atoms with Gasteiger partial charge in [-0.05, 0) is 6.42 Å². The first-order chi connectivity index (χ1) is 10.3. The minimum atomic E-state index is -0.433. The van der Waals surface area contributed by atoms with E-state index in [2.05, 4.69) is 11.7 Å². The van der Waals surface area contributed by atoms with Gasteiger partial charge in [0.1, 0.15) is 0 Å². The third-order valence-electron chi connectivity index (χ3n) is 4.37. The second kappa shape index (κ2) is 11.8. The molecule has 122 valence electrons. The Balaban J connectivity index is 1.73. The lowest BCUT2D eigenvalue weighted by Gasteiger charge is -2.21. The van der Waals surface area contributed by atoms with E-state index < -0.39 is 5.92 Å². The molecule has 0 spiro atoms. The lowest BCUT2D eigenvalue weighted by atomic mass is 9.97. The van der Waals surface area contributed by atoms with Crippen molar-refractivity contribution in [2.75, 3.05) is 0 Å². The molecule has 1 aliphatic heterocycles. The van der Waals surface area contributed by atoms with Gasteiger partial charge in [0, 0.05) is 0 Å². The molecule has 0 radical (unpaired) electrons. The van der Waals surface area contributed by atoms with Crippen LogP contribution in [0, 0.1) is 5.92 Å². The lowest BCUT2D eigenvalue weighted by molar-refractivity contribution is -0.184. The molecule has 0 N–H and O–H groups in total. The van der Waals surface area contributed by atoms with Crippen molar-refractivity contribution in [2.24, 2.45) is 5.92 Å². The van der Waals surface area contributed by atoms with E-state index in [0.717, 1.165) is 12.8 Å². The van der Waals surface area contributed by atoms with Crippen LogP contribution in [0.4, 0.5) is 0 Å². The maximum atomic E-state index is 10.9. The summed E-state index contributed by atoms with van der Waals surface area (Å²) in [4.78, 5) is 21.9. The first-order valence-electron chi connectivity index (χ1n) is 9.01. The van der Waals surface area contributed by atoms with E-state index in [-0.39, 0.29) is 11.9 Å². The van der Waals surface area contributed by atoms with Gasteiger partial charge in [-0.1, -0.05) is 90.4 Å². The molecule has 3 nitrogen and oxygen atoms in total. The normalized spacial score (nSPS) is 15.1. The average Bonchev–Trinajstić information content (AvgIpc) is 2.47. The number of ether oxygens (including phenoxy) is 1. The lowest BCUT2D eigenvalue weighted by Crippen LogP contribution is -2.40. The fourth-order valence-electron chi connectivity index (χ4n) is 2.88. The van der Waals surface area contributed by atoms with Crippen molar-refractivity contribution in [3.05, 3.63) is 0 Å². The summed E-state index contributed by atoms with van der Waals surface area (Å²) in [6.07, 6.45) is 17.7. The largest absolute Gasteiger partial charge is 0.392 e. The van der Waals surface area contributed by atoms with Crippen molar-refractivity contribution in [1.82, 2.24) is 0 Å². The van der Waals surface area contributed by atoms with Crippen LogP contribution < -0.4 is 0 Å². The zero-order valence-electron chi connectivity index (χ0n) is 13.7. The number of hydrogen-bond donors (Lipinski definition) is 0. The van der Waals surface area contributed by atoms with E-state index in [1.165, 1.54) is 70.6 Å². The molecule has 0 aromatic rings. The van der Waals surface area contributed by atoms with Crippen molar-refractivity contribution in [1.29, 1.82) is 0 Å². The minimum Gasteiger partial charge on any atom is -0.392 e. The zero-order chi connectivity index (χ0) is 15.3. The predicted molar refractivity (Wildman–Crippen MR) is 84.9 cm³/mol. The molecule has 0 aliphatic carbocycles. The van der Waals surface area contributed by atoms with Crippen molar-refractivity contribution < 1.29 is 14.3 Å². The van der Waals surface area contributed by atoms with Crippen molar-refractivity contribution >= 4 is 11.9 Å². The molecule has 0 atom stereocenters. The van der Waals surface area contributed by atoms with Crippen LogP contribution in [-0.2, 0) is 14.3 Å². The van der Waals surface area contributed by atoms with Crippen LogP contribution in [0.1, 0.15) is 96.8 Å². The van der Waals surface area contributed by atoms with Gasteiger partial charge in [0.15, 0.2) is 5.92 Å². The Kier molecular flexibility index (Phi) is 10.2. The molecule has 1 saturated heterocycles. The number of carbonyl (C=O) groups is 2. The summed E-state index contributed by atoms with van der Waals surface area (Å²) in [5.41, 5.74) is 0. The first kappa shape index (κ1) is 18.2. The Labute approximate surface area is 129 Å². The zero-order valence-corrected chi connectivity index (χ0v) is 13.7. The van der Waals surface area contributed by atoms with Crippen LogP contribution in [0.25, 0.3) is 0 Å². The standard InChI is InChI=1S/C18H32O3/c1-2-3-4-5-6-7-8-9-10-11-12-13-14-15-16-17(19)21-18(16)20/h16H,2-15H2,1H3. The number of cyclic esters (lactones) is 2. The van der Waals surface area contributed by atoms with Gasteiger partial charge < -0.3 is 4.74 Å². The fraction of sp³-hybridized carbons (Fsp3) is 0.889. The molecule has 0 aromatic heterocycles. The highest BCUT2D eigenvalue weighted by molar-refractivity contribution is 6.09. The van der Waals surface area contributed by atoms with Crippen molar-refractivity contribution in [3.63, 3.8) is 0 Å². The van der Waals surface area contributed by atoms with Crippen molar-refractivity contribution in [2.45, 2.75) is 96.8 Å². The van der Waals surface area contributed by atoms with Gasteiger partial charge in [0.25, 0.3) is 0 Å². The Morgan fingerprint density at radius 1 is 0.667 bits per heavy atom. The summed E-state index contributed by atoms with van der Waals surface area (Å²) in [5.74, 6) is -1.07. The van der Waals surface area contributed by atoms with Crippen LogP contribution in [0.2, 0.25) is 0 Å². The van der Waals surface area contributed by atoms with E-state index >= 15 is 0 Å². The monoisotopic (exact) mass is 296 g/mol. The summed E-state index contributed by atoms with van der Waals surface area (Å²) in [6, 6.07) is 0. The molecule has 3 heteroatoms. The molecule has 0 amide bonds. The van der Waals surface area contributed by atoms with Gasteiger partial charge in [0.05, 0.1) is 0 Å². The summed E-state index contributed by atoms with van der Waals surface area (Å²) in [5, 5.41) is 0. The maximum Gasteiger partial charge on any atom is 0.328 e. The third-order valence-corrected chi connectivity index (χ3v) is 4.37. The van der Waals surface area contributed by atoms with E-state index in [1.54, 1.807) is 0 Å². The highest BCUT2D eigenvalue weighted by atomic mass is 16.6. The second-order valence-electron chi connectivity index (χ2n) is 6.32. The Morgan fingerprint density at radius 3 is 1.43 bits per heavy atom. The molecule has 21 heavy (non-hydrogen) atoms. The van der Waals surface area contributed by atoms with Crippen LogP contribution in [0.3, 0.4) is 0 Å². The van der Waals surface area contributed by atoms with Gasteiger partial charge in [-0.25, -0.2) is 0 Å². The summed E-state index contributed by atoms with van der Waals surface area (Å²) >= 11 is 0. The minimum absolute atomic E-state index is 0.320.